The van der Waals surface area contributed by atoms with Crippen molar-refractivity contribution in [2.75, 3.05) is 0 Å². The fourth-order valence-corrected chi connectivity index (χ4v) is 3.11. The molecule has 4 heteroatoms. The van der Waals surface area contributed by atoms with Gasteiger partial charge in [0.2, 0.25) is 0 Å². The molecular weight excluding hydrogens is 302 g/mol. The molecule has 23 heavy (non-hydrogen) atoms. The van der Waals surface area contributed by atoms with E-state index >= 15 is 0 Å². The predicted molar refractivity (Wildman–Crippen MR) is 94.0 cm³/mol. The van der Waals surface area contributed by atoms with Crippen molar-refractivity contribution >= 4 is 11.3 Å². The monoisotopic (exact) mass is 315 g/mol. The van der Waals surface area contributed by atoms with Gasteiger partial charge in [0.25, 0.3) is 0 Å². The van der Waals surface area contributed by atoms with Crippen LogP contribution in [0.25, 0.3) is 33.8 Å². The average Bonchev–Trinajstić information content (AvgIpc) is 3.18. The van der Waals surface area contributed by atoms with Crippen LogP contribution in [0, 0.1) is 0 Å². The Morgan fingerprint density at radius 2 is 1.57 bits per heavy atom. The van der Waals surface area contributed by atoms with E-state index in [1.807, 2.05) is 30.3 Å². The molecule has 0 atom stereocenters. The first kappa shape index (κ1) is 13.8. The highest BCUT2D eigenvalue weighted by Gasteiger charge is 2.09. The molecule has 3 nitrogen and oxygen atoms in total. The molecule has 0 N–H and O–H groups in total. The summed E-state index contributed by atoms with van der Waals surface area (Å²) in [6, 6.07) is 16.2. The minimum Gasteiger partial charge on any atom is -0.265 e. The van der Waals surface area contributed by atoms with Gasteiger partial charge in [0.15, 0.2) is 0 Å². The zero-order chi connectivity index (χ0) is 15.5. The normalized spacial score (nSPS) is 10.6. The van der Waals surface area contributed by atoms with Crippen LogP contribution in [0.4, 0.5) is 0 Å². The van der Waals surface area contributed by atoms with Crippen molar-refractivity contribution in [3.05, 3.63) is 77.9 Å². The molecule has 4 heterocycles. The molecule has 0 aliphatic carbocycles. The summed E-state index contributed by atoms with van der Waals surface area (Å²) < 4.78 is 0. The Balaban J connectivity index is 1.91. The molecule has 110 valence electrons. The molecule has 0 aromatic carbocycles. The highest BCUT2D eigenvalue weighted by Crippen LogP contribution is 2.30. The summed E-state index contributed by atoms with van der Waals surface area (Å²) in [5.74, 6) is 0. The number of hydrogen-bond donors (Lipinski definition) is 0. The van der Waals surface area contributed by atoms with E-state index in [1.165, 1.54) is 5.56 Å². The largest absolute Gasteiger partial charge is 0.265 e. The van der Waals surface area contributed by atoms with Gasteiger partial charge in [-0.05, 0) is 64.4 Å². The molecule has 4 rings (SSSR count). The van der Waals surface area contributed by atoms with Gasteiger partial charge in [-0.3, -0.25) is 9.97 Å². The molecule has 0 aliphatic rings. The van der Waals surface area contributed by atoms with Crippen molar-refractivity contribution in [3.63, 3.8) is 0 Å². The van der Waals surface area contributed by atoms with E-state index in [-0.39, 0.29) is 0 Å². The Morgan fingerprint density at radius 1 is 0.696 bits per heavy atom. The number of thiophene rings is 1. The second-order valence-corrected chi connectivity index (χ2v) is 5.87. The quantitative estimate of drug-likeness (QED) is 0.538. The van der Waals surface area contributed by atoms with Crippen molar-refractivity contribution in [1.29, 1.82) is 0 Å². The fourth-order valence-electron chi connectivity index (χ4n) is 2.44. The van der Waals surface area contributed by atoms with Gasteiger partial charge in [0, 0.05) is 24.2 Å². The summed E-state index contributed by atoms with van der Waals surface area (Å²) in [5.41, 5.74) is 6.07. The maximum Gasteiger partial charge on any atom is 0.0899 e. The molecule has 0 radical (unpaired) electrons. The lowest BCUT2D eigenvalue weighted by Crippen LogP contribution is -1.92. The molecule has 0 bridgehead atoms. The van der Waals surface area contributed by atoms with E-state index in [0.717, 1.165) is 28.2 Å². The van der Waals surface area contributed by atoms with E-state index in [0.29, 0.717) is 0 Å². The van der Waals surface area contributed by atoms with E-state index in [2.05, 4.69) is 38.9 Å². The van der Waals surface area contributed by atoms with Crippen LogP contribution >= 0.6 is 11.3 Å². The minimum absolute atomic E-state index is 0.875. The van der Waals surface area contributed by atoms with Gasteiger partial charge in [-0.25, -0.2) is 4.98 Å². The Bertz CT molecular complexity index is 846. The number of pyridine rings is 3. The maximum atomic E-state index is 4.80. The fraction of sp³-hybridized carbons (Fsp3) is 0. The van der Waals surface area contributed by atoms with Gasteiger partial charge in [-0.1, -0.05) is 6.07 Å². The molecule has 4 aromatic rings. The van der Waals surface area contributed by atoms with Crippen molar-refractivity contribution in [3.8, 4) is 33.8 Å². The number of hydrogen-bond acceptors (Lipinski definition) is 4. The zero-order valence-corrected chi connectivity index (χ0v) is 13.1. The van der Waals surface area contributed by atoms with Crippen LogP contribution in [0.1, 0.15) is 0 Å². The topological polar surface area (TPSA) is 38.7 Å². The molecule has 4 aromatic heterocycles. The first-order chi connectivity index (χ1) is 11.4. The van der Waals surface area contributed by atoms with Crippen molar-refractivity contribution < 1.29 is 0 Å². The summed E-state index contributed by atoms with van der Waals surface area (Å²) >= 11 is 1.69. The summed E-state index contributed by atoms with van der Waals surface area (Å²) in [6.45, 7) is 0. The zero-order valence-electron chi connectivity index (χ0n) is 12.3. The van der Waals surface area contributed by atoms with Crippen LogP contribution in [-0.4, -0.2) is 15.0 Å². The van der Waals surface area contributed by atoms with Crippen LogP contribution in [0.2, 0.25) is 0 Å². The van der Waals surface area contributed by atoms with Gasteiger partial charge in [0.1, 0.15) is 0 Å². The van der Waals surface area contributed by atoms with E-state index in [4.69, 9.17) is 4.98 Å². The summed E-state index contributed by atoms with van der Waals surface area (Å²) in [4.78, 5) is 13.3. The number of aromatic nitrogens is 3. The number of nitrogens with zero attached hydrogens (tertiary/aromatic N) is 3. The maximum absolute atomic E-state index is 4.80. The van der Waals surface area contributed by atoms with Gasteiger partial charge < -0.3 is 0 Å². The van der Waals surface area contributed by atoms with Gasteiger partial charge in [-0.2, -0.15) is 11.3 Å². The van der Waals surface area contributed by atoms with Crippen molar-refractivity contribution in [1.82, 2.24) is 15.0 Å². The van der Waals surface area contributed by atoms with Crippen molar-refractivity contribution in [2.45, 2.75) is 0 Å². The second kappa shape index (κ2) is 6.10. The second-order valence-electron chi connectivity index (χ2n) is 5.09. The molecular formula is C19H13N3S. The van der Waals surface area contributed by atoms with Crippen LogP contribution in [0.15, 0.2) is 77.9 Å². The Kier molecular flexibility index (Phi) is 3.66. The predicted octanol–water partition coefficient (Wildman–Crippen LogP) is 4.93. The highest BCUT2D eigenvalue weighted by atomic mass is 32.1. The van der Waals surface area contributed by atoms with Crippen LogP contribution in [0.5, 0.6) is 0 Å². The smallest absolute Gasteiger partial charge is 0.0899 e. The third-order valence-corrected chi connectivity index (χ3v) is 4.27. The van der Waals surface area contributed by atoms with Gasteiger partial charge in [0.05, 0.1) is 17.1 Å². The minimum atomic E-state index is 0.875. The highest BCUT2D eigenvalue weighted by molar-refractivity contribution is 7.08. The van der Waals surface area contributed by atoms with Crippen LogP contribution in [-0.2, 0) is 0 Å². The third-order valence-electron chi connectivity index (χ3n) is 3.58. The lowest BCUT2D eigenvalue weighted by Gasteiger charge is -2.08. The molecule has 0 saturated carbocycles. The summed E-state index contributed by atoms with van der Waals surface area (Å²) in [5, 5.41) is 4.23. The Labute approximate surface area is 138 Å². The first-order valence-electron chi connectivity index (χ1n) is 7.26. The summed E-state index contributed by atoms with van der Waals surface area (Å²) in [6.07, 6.45) is 5.36. The lowest BCUT2D eigenvalue weighted by molar-refractivity contribution is 1.24. The van der Waals surface area contributed by atoms with E-state index in [9.17, 15) is 0 Å². The van der Waals surface area contributed by atoms with Gasteiger partial charge in [-0.15, -0.1) is 0 Å². The standard InChI is InChI=1S/C19H13N3S/c1-2-7-21-17(3-1)19-12-16(15-6-10-23-13-15)11-18(22-19)14-4-8-20-9-5-14/h1-13H. The van der Waals surface area contributed by atoms with Crippen LogP contribution in [0.3, 0.4) is 0 Å². The molecule has 0 amide bonds. The Morgan fingerprint density at radius 3 is 2.30 bits per heavy atom. The van der Waals surface area contributed by atoms with Gasteiger partial charge >= 0.3 is 0 Å². The van der Waals surface area contributed by atoms with E-state index in [1.54, 1.807) is 29.9 Å². The third kappa shape index (κ3) is 2.89. The van der Waals surface area contributed by atoms with Crippen LogP contribution < -0.4 is 0 Å². The average molecular weight is 315 g/mol. The number of rotatable bonds is 3. The summed E-state index contributed by atoms with van der Waals surface area (Å²) in [7, 11) is 0. The van der Waals surface area contributed by atoms with E-state index < -0.39 is 0 Å². The molecule has 0 unspecified atom stereocenters. The molecule has 0 aliphatic heterocycles. The Hall–Kier alpha value is -2.85. The first-order valence-corrected chi connectivity index (χ1v) is 8.21. The van der Waals surface area contributed by atoms with Crippen molar-refractivity contribution in [2.24, 2.45) is 0 Å². The molecule has 0 spiro atoms. The molecule has 0 saturated heterocycles. The molecule has 0 fully saturated rings. The lowest BCUT2D eigenvalue weighted by atomic mass is 10.0. The SMILES string of the molecule is c1ccc(-c2cc(-c3ccsc3)cc(-c3ccncc3)n2)nc1.